The summed E-state index contributed by atoms with van der Waals surface area (Å²) in [7, 11) is 0. The molecule has 4 saturated heterocycles. The number of pyridine rings is 1. The maximum absolute atomic E-state index is 17.3. The van der Waals surface area contributed by atoms with E-state index in [2.05, 4.69) is 26.9 Å². The Bertz CT molecular complexity index is 2260. The Balaban J connectivity index is 1.30. The maximum Gasteiger partial charge on any atom is 0.410 e. The minimum absolute atomic E-state index is 0.0648. The third kappa shape index (κ3) is 5.52. The number of hydrogen-bond acceptors (Lipinski definition) is 6. The molecule has 6 atom stereocenters. The number of aryl methyl sites for hydroxylation is 2. The van der Waals surface area contributed by atoms with Gasteiger partial charge in [-0.25, -0.2) is 14.2 Å². The van der Waals surface area contributed by atoms with Gasteiger partial charge >= 0.3 is 6.09 Å². The first kappa shape index (κ1) is 34.8. The molecule has 4 aliphatic heterocycles. The van der Waals surface area contributed by atoms with Crippen LogP contribution in [0, 0.1) is 41.8 Å². The monoisotopic (exact) mass is 756 g/mol. The van der Waals surface area contributed by atoms with Crippen molar-refractivity contribution in [3.63, 3.8) is 0 Å². The van der Waals surface area contributed by atoms with Crippen molar-refractivity contribution in [1.29, 1.82) is 5.26 Å². The highest BCUT2D eigenvalue weighted by atomic mass is 35.5. The van der Waals surface area contributed by atoms with Crippen molar-refractivity contribution >= 4 is 57.0 Å². The first-order valence-corrected chi connectivity index (χ1v) is 19.6. The number of halogens is 3. The second kappa shape index (κ2) is 12.6. The fraction of sp³-hybridized carbons (Fsp3) is 0.512. The van der Waals surface area contributed by atoms with Crippen molar-refractivity contribution in [3.05, 3.63) is 63.1 Å². The largest absolute Gasteiger partial charge is 0.444 e. The van der Waals surface area contributed by atoms with Gasteiger partial charge in [-0.15, -0.1) is 0 Å². The number of likely N-dealkylation sites (tertiary alicyclic amines) is 1. The standard InChI is InChI=1S/C41H43Cl2FN6O3/c1-20-27-16-31(36-23-13-25(18-46-17-23)49(36)39(51)21-10-11-21)50(37-24-15-30(37)48(19-24)40(52)53-41(2,3)4)38(27)28-14-22(7-6-12-45)32(34(44)35(28)47-20)26-8-5-9-29(42)33(26)43/h5,8-9,14,16,21,23-25,30,36-37,46H,6-7,10-11,13,15,17-19H2,1-4H3/t23-,24+,25+,30+,36+,37-/m0/s1. The zero-order valence-electron chi connectivity index (χ0n) is 30.4. The fourth-order valence-electron chi connectivity index (χ4n) is 9.83. The van der Waals surface area contributed by atoms with Crippen molar-refractivity contribution in [2.24, 2.45) is 17.8 Å². The third-order valence-corrected chi connectivity index (χ3v) is 13.0. The van der Waals surface area contributed by atoms with Crippen LogP contribution in [0.5, 0.6) is 0 Å². The Kier molecular flexibility index (Phi) is 8.26. The molecule has 0 unspecified atom stereocenters. The summed E-state index contributed by atoms with van der Waals surface area (Å²) in [5.74, 6) is 0.136. The number of amides is 2. The Hall–Kier alpha value is -3.91. The van der Waals surface area contributed by atoms with Gasteiger partial charge < -0.3 is 24.4 Å². The molecule has 2 amide bonds. The van der Waals surface area contributed by atoms with Crippen molar-refractivity contribution in [2.45, 2.75) is 96.0 Å². The number of rotatable bonds is 6. The second-order valence-corrected chi connectivity index (χ2v) is 17.5. The van der Waals surface area contributed by atoms with E-state index in [1.165, 1.54) is 0 Å². The molecule has 4 aromatic rings. The predicted octanol–water partition coefficient (Wildman–Crippen LogP) is 8.52. The van der Waals surface area contributed by atoms with Gasteiger partial charge in [0.1, 0.15) is 11.1 Å². The quantitative estimate of drug-likeness (QED) is 0.212. The first-order valence-electron chi connectivity index (χ1n) is 18.9. The minimum atomic E-state index is -0.636. The van der Waals surface area contributed by atoms with E-state index in [0.717, 1.165) is 55.4 Å². The van der Waals surface area contributed by atoms with Crippen LogP contribution < -0.4 is 5.32 Å². The number of carbonyl (C=O) groups excluding carboxylic acids is 2. The second-order valence-electron chi connectivity index (χ2n) is 16.7. The van der Waals surface area contributed by atoms with Crippen LogP contribution in [0.2, 0.25) is 10.0 Å². The van der Waals surface area contributed by atoms with Gasteiger partial charge in [-0.2, -0.15) is 5.26 Å². The van der Waals surface area contributed by atoms with E-state index in [0.29, 0.717) is 45.8 Å². The Morgan fingerprint density at radius 2 is 1.91 bits per heavy atom. The average molecular weight is 758 g/mol. The molecule has 1 N–H and O–H groups in total. The van der Waals surface area contributed by atoms with Gasteiger partial charge in [0.05, 0.1) is 39.8 Å². The molecule has 9 nitrogen and oxygen atoms in total. The lowest BCUT2D eigenvalue weighted by atomic mass is 9.79. The van der Waals surface area contributed by atoms with E-state index in [1.54, 1.807) is 18.2 Å². The molecule has 0 spiro atoms. The van der Waals surface area contributed by atoms with Gasteiger partial charge in [0.15, 0.2) is 5.82 Å². The van der Waals surface area contributed by atoms with Gasteiger partial charge in [-0.3, -0.25) is 4.79 Å². The van der Waals surface area contributed by atoms with Crippen molar-refractivity contribution < 1.29 is 18.7 Å². The molecule has 53 heavy (non-hydrogen) atoms. The average Bonchev–Trinajstić information content (AvgIpc) is 3.47. The smallest absolute Gasteiger partial charge is 0.410 e. The van der Waals surface area contributed by atoms with Gasteiger partial charge in [0.25, 0.3) is 0 Å². The van der Waals surface area contributed by atoms with Crippen molar-refractivity contribution in [1.82, 2.24) is 24.7 Å². The van der Waals surface area contributed by atoms with Gasteiger partial charge in [-0.05, 0) is 89.5 Å². The molecule has 6 heterocycles. The number of ether oxygens (including phenoxy) is 1. The van der Waals surface area contributed by atoms with Crippen LogP contribution in [0.15, 0.2) is 30.3 Å². The summed E-state index contributed by atoms with van der Waals surface area (Å²) in [6.45, 7) is 9.67. The van der Waals surface area contributed by atoms with Crippen LogP contribution in [0.3, 0.4) is 0 Å². The number of nitrogens with zero attached hydrogens (tertiary/aromatic N) is 5. The van der Waals surface area contributed by atoms with Crippen LogP contribution in [-0.4, -0.2) is 68.7 Å². The Morgan fingerprint density at radius 1 is 1.11 bits per heavy atom. The molecular weight excluding hydrogens is 714 g/mol. The lowest BCUT2D eigenvalue weighted by Gasteiger charge is -2.41. The van der Waals surface area contributed by atoms with E-state index in [9.17, 15) is 14.9 Å². The fourth-order valence-corrected chi connectivity index (χ4v) is 10.2. The molecule has 276 valence electrons. The van der Waals surface area contributed by atoms with E-state index in [4.69, 9.17) is 32.9 Å². The summed E-state index contributed by atoms with van der Waals surface area (Å²) in [5, 5.41) is 15.4. The van der Waals surface area contributed by atoms with Gasteiger partial charge in [0.2, 0.25) is 5.91 Å². The van der Waals surface area contributed by atoms with E-state index >= 15 is 4.39 Å². The molecule has 12 heteroatoms. The molecule has 2 aromatic heterocycles. The topological polar surface area (TPSA) is 103 Å². The number of benzene rings is 2. The SMILES string of the molecule is Cc1nc2c(F)c(-c3cccc(Cl)c3Cl)c(CCC#N)cc2c2c1cc([C@H]1[C@@H]3CNC[C@@H](C3)N1C(=O)C1CC1)n2[C@H]1[C@@H]2C[C@H]1N(C(=O)OC(C)(C)C)C2. The number of hydrogen-bond donors (Lipinski definition) is 1. The summed E-state index contributed by atoms with van der Waals surface area (Å²) in [4.78, 5) is 36.7. The van der Waals surface area contributed by atoms with E-state index < -0.39 is 11.4 Å². The molecule has 6 fully saturated rings. The molecule has 6 aliphatic rings. The molecular formula is C41H43Cl2FN6O3. The molecule has 0 radical (unpaired) electrons. The highest BCUT2D eigenvalue weighted by Gasteiger charge is 2.58. The van der Waals surface area contributed by atoms with Crippen LogP contribution in [-0.2, 0) is 16.0 Å². The van der Waals surface area contributed by atoms with Gasteiger partial charge in [-0.1, -0.05) is 35.3 Å². The summed E-state index contributed by atoms with van der Waals surface area (Å²) in [6.07, 6.45) is 3.76. The van der Waals surface area contributed by atoms with Crippen molar-refractivity contribution in [2.75, 3.05) is 19.6 Å². The zero-order valence-corrected chi connectivity index (χ0v) is 31.9. The highest BCUT2D eigenvalue weighted by molar-refractivity contribution is 6.43. The molecule has 2 saturated carbocycles. The molecule has 2 aromatic carbocycles. The number of carbonyl (C=O) groups is 2. The molecule has 4 bridgehead atoms. The van der Waals surface area contributed by atoms with Crippen LogP contribution in [0.1, 0.15) is 81.9 Å². The number of piperidine rings is 1. The Morgan fingerprint density at radius 3 is 2.64 bits per heavy atom. The van der Waals surface area contributed by atoms with E-state index in [-0.39, 0.29) is 70.9 Å². The summed E-state index contributed by atoms with van der Waals surface area (Å²) in [6, 6.07) is 11.3. The normalized spacial score (nSPS) is 26.3. The van der Waals surface area contributed by atoms with Crippen LogP contribution in [0.4, 0.5) is 9.18 Å². The first-order chi connectivity index (χ1) is 25.4. The Labute approximate surface area is 318 Å². The maximum atomic E-state index is 17.3. The lowest BCUT2D eigenvalue weighted by Crippen LogP contribution is -2.46. The molecule has 2 aliphatic carbocycles. The minimum Gasteiger partial charge on any atom is -0.444 e. The number of nitriles is 1. The highest BCUT2D eigenvalue weighted by Crippen LogP contribution is 2.56. The zero-order chi connectivity index (χ0) is 37.1. The van der Waals surface area contributed by atoms with E-state index in [1.807, 2.05) is 38.7 Å². The molecule has 10 rings (SSSR count). The van der Waals surface area contributed by atoms with Crippen LogP contribution >= 0.6 is 23.2 Å². The summed E-state index contributed by atoms with van der Waals surface area (Å²) < 4.78 is 25.6. The number of aromatic nitrogens is 2. The predicted molar refractivity (Wildman–Crippen MR) is 202 cm³/mol. The van der Waals surface area contributed by atoms with Crippen LogP contribution in [0.25, 0.3) is 32.9 Å². The van der Waals surface area contributed by atoms with Crippen molar-refractivity contribution in [3.8, 4) is 17.2 Å². The summed E-state index contributed by atoms with van der Waals surface area (Å²) in [5.41, 5.74) is 3.50. The van der Waals surface area contributed by atoms with Gasteiger partial charge in [0, 0.05) is 77.2 Å². The third-order valence-electron chi connectivity index (χ3n) is 12.2. The number of nitrogens with one attached hydrogen (secondary N) is 1. The lowest BCUT2D eigenvalue weighted by molar-refractivity contribution is -0.135. The summed E-state index contributed by atoms with van der Waals surface area (Å²) >= 11 is 13.2. The number of fused-ring (bicyclic) bond motifs is 6.